The molecule has 2 N–H and O–H groups in total. The highest BCUT2D eigenvalue weighted by molar-refractivity contribution is 5.87. The predicted octanol–water partition coefficient (Wildman–Crippen LogP) is 3.05. The second-order valence-electron chi connectivity index (χ2n) is 4.57. The molecule has 0 unspecified atom stereocenters. The molecule has 7 nitrogen and oxygen atoms in total. The van der Waals surface area contributed by atoms with Crippen LogP contribution >= 0.6 is 0 Å². The van der Waals surface area contributed by atoms with E-state index in [1.54, 1.807) is 0 Å². The molecule has 2 aromatic rings. The number of benzene rings is 1. The average Bonchev–Trinajstić information content (AvgIpc) is 2.42. The second-order valence-corrected chi connectivity index (χ2v) is 4.57. The van der Waals surface area contributed by atoms with Gasteiger partial charge in [0.2, 0.25) is 5.82 Å². The summed E-state index contributed by atoms with van der Waals surface area (Å²) in [7, 11) is 0. The maximum absolute atomic E-state index is 11.0. The van der Waals surface area contributed by atoms with E-state index in [0.29, 0.717) is 5.69 Å². The Balaban J connectivity index is 2.50. The van der Waals surface area contributed by atoms with Gasteiger partial charge in [-0.2, -0.15) is 0 Å². The summed E-state index contributed by atoms with van der Waals surface area (Å²) in [4.78, 5) is 25.2. The molecule has 0 saturated carbocycles. The van der Waals surface area contributed by atoms with E-state index >= 15 is 0 Å². The minimum Gasteiger partial charge on any atom is -0.477 e. The molecular formula is C14H13N3O4. The Kier molecular flexibility index (Phi) is 3.84. The molecule has 0 aliphatic carbocycles. The molecule has 0 amide bonds. The van der Waals surface area contributed by atoms with Crippen molar-refractivity contribution in [2.45, 2.75) is 13.8 Å². The predicted molar refractivity (Wildman–Crippen MR) is 77.0 cm³/mol. The van der Waals surface area contributed by atoms with E-state index < -0.39 is 10.9 Å². The van der Waals surface area contributed by atoms with Crippen LogP contribution in [0.15, 0.2) is 30.3 Å². The highest BCUT2D eigenvalue weighted by Gasteiger charge is 2.19. The third-order valence-electron chi connectivity index (χ3n) is 2.94. The van der Waals surface area contributed by atoms with E-state index in [0.717, 1.165) is 23.3 Å². The number of hydrogen-bond acceptors (Lipinski definition) is 5. The highest BCUT2D eigenvalue weighted by atomic mass is 16.6. The van der Waals surface area contributed by atoms with Crippen molar-refractivity contribution in [2.24, 2.45) is 0 Å². The van der Waals surface area contributed by atoms with Gasteiger partial charge in [-0.05, 0) is 37.1 Å². The number of rotatable bonds is 4. The average molecular weight is 287 g/mol. The van der Waals surface area contributed by atoms with E-state index in [2.05, 4.69) is 10.3 Å². The SMILES string of the molecule is Cc1ccc(C)c(Nc2nc(C(=O)O)ccc2[N+](=O)[O-])c1. The molecule has 1 aromatic carbocycles. The van der Waals surface area contributed by atoms with Crippen molar-refractivity contribution in [3.05, 3.63) is 57.3 Å². The Hall–Kier alpha value is -2.96. The number of carboxylic acids is 1. The zero-order valence-electron chi connectivity index (χ0n) is 11.5. The van der Waals surface area contributed by atoms with Crippen molar-refractivity contribution >= 4 is 23.2 Å². The van der Waals surface area contributed by atoms with Crippen LogP contribution in [0.2, 0.25) is 0 Å². The van der Waals surface area contributed by atoms with Crippen molar-refractivity contribution in [3.8, 4) is 0 Å². The Morgan fingerprint density at radius 2 is 2.00 bits per heavy atom. The quantitative estimate of drug-likeness (QED) is 0.661. The molecule has 0 saturated heterocycles. The van der Waals surface area contributed by atoms with Crippen LogP contribution in [0.1, 0.15) is 21.6 Å². The van der Waals surface area contributed by atoms with Gasteiger partial charge in [0.1, 0.15) is 0 Å². The van der Waals surface area contributed by atoms with Gasteiger partial charge in [-0.1, -0.05) is 12.1 Å². The fraction of sp³-hybridized carbons (Fsp3) is 0.143. The van der Waals surface area contributed by atoms with Gasteiger partial charge in [0.15, 0.2) is 5.69 Å². The lowest BCUT2D eigenvalue weighted by atomic mass is 10.1. The standard InChI is InChI=1S/C14H13N3O4/c1-8-3-4-9(2)11(7-8)16-13-12(17(20)21)6-5-10(15-13)14(18)19/h3-7H,1-2H3,(H,15,16)(H,18,19). The number of pyridine rings is 1. The molecular weight excluding hydrogens is 274 g/mol. The molecule has 0 fully saturated rings. The normalized spacial score (nSPS) is 10.2. The van der Waals surface area contributed by atoms with Crippen LogP contribution in [-0.2, 0) is 0 Å². The number of aryl methyl sites for hydroxylation is 2. The van der Waals surface area contributed by atoms with E-state index in [1.807, 2.05) is 32.0 Å². The number of carboxylic acid groups (broad SMARTS) is 1. The minimum atomic E-state index is -1.24. The maximum atomic E-state index is 11.0. The molecule has 0 bridgehead atoms. The number of nitrogens with one attached hydrogen (secondary N) is 1. The van der Waals surface area contributed by atoms with Gasteiger partial charge in [0, 0.05) is 11.8 Å². The summed E-state index contributed by atoms with van der Waals surface area (Å²) in [5.41, 5.74) is 1.96. The molecule has 2 rings (SSSR count). The lowest BCUT2D eigenvalue weighted by molar-refractivity contribution is -0.384. The van der Waals surface area contributed by atoms with Crippen molar-refractivity contribution in [2.75, 3.05) is 5.32 Å². The molecule has 1 heterocycles. The molecule has 108 valence electrons. The zero-order valence-corrected chi connectivity index (χ0v) is 11.5. The summed E-state index contributed by atoms with van der Waals surface area (Å²) >= 11 is 0. The number of nitro groups is 1. The third-order valence-corrected chi connectivity index (χ3v) is 2.94. The van der Waals surface area contributed by atoms with Gasteiger partial charge >= 0.3 is 11.7 Å². The summed E-state index contributed by atoms with van der Waals surface area (Å²) in [5.74, 6) is -1.33. The zero-order chi connectivity index (χ0) is 15.6. The van der Waals surface area contributed by atoms with Crippen LogP contribution in [0.3, 0.4) is 0 Å². The molecule has 21 heavy (non-hydrogen) atoms. The molecule has 0 aliphatic rings. The van der Waals surface area contributed by atoms with Gasteiger partial charge in [0.05, 0.1) is 4.92 Å². The monoisotopic (exact) mass is 287 g/mol. The van der Waals surface area contributed by atoms with Crippen LogP contribution in [0.4, 0.5) is 17.2 Å². The van der Waals surface area contributed by atoms with Crippen molar-refractivity contribution in [1.82, 2.24) is 4.98 Å². The summed E-state index contributed by atoms with van der Waals surface area (Å²) in [6.07, 6.45) is 0. The van der Waals surface area contributed by atoms with Gasteiger partial charge in [0.25, 0.3) is 0 Å². The van der Waals surface area contributed by atoms with Crippen molar-refractivity contribution in [3.63, 3.8) is 0 Å². The Morgan fingerprint density at radius 1 is 1.29 bits per heavy atom. The first kappa shape index (κ1) is 14.4. The first-order valence-electron chi connectivity index (χ1n) is 6.11. The number of nitrogens with zero attached hydrogens (tertiary/aromatic N) is 2. The van der Waals surface area contributed by atoms with Crippen molar-refractivity contribution in [1.29, 1.82) is 0 Å². The molecule has 1 aromatic heterocycles. The van der Waals surface area contributed by atoms with Crippen LogP contribution in [0, 0.1) is 24.0 Å². The smallest absolute Gasteiger partial charge is 0.354 e. The van der Waals surface area contributed by atoms with Crippen LogP contribution in [0.5, 0.6) is 0 Å². The van der Waals surface area contributed by atoms with Crippen LogP contribution in [0.25, 0.3) is 0 Å². The maximum Gasteiger partial charge on any atom is 0.354 e. The van der Waals surface area contributed by atoms with Crippen molar-refractivity contribution < 1.29 is 14.8 Å². The Morgan fingerprint density at radius 3 is 2.62 bits per heavy atom. The van der Waals surface area contributed by atoms with Crippen LogP contribution in [-0.4, -0.2) is 21.0 Å². The summed E-state index contributed by atoms with van der Waals surface area (Å²) in [5, 5.41) is 22.8. The fourth-order valence-electron chi connectivity index (χ4n) is 1.81. The lowest BCUT2D eigenvalue weighted by Crippen LogP contribution is -2.06. The van der Waals surface area contributed by atoms with Gasteiger partial charge in [-0.3, -0.25) is 10.1 Å². The topological polar surface area (TPSA) is 105 Å². The number of carbonyl (C=O) groups is 1. The third kappa shape index (κ3) is 3.14. The number of aromatic nitrogens is 1. The Bertz CT molecular complexity index is 728. The number of anilines is 2. The summed E-state index contributed by atoms with van der Waals surface area (Å²) in [6.45, 7) is 3.73. The lowest BCUT2D eigenvalue weighted by Gasteiger charge is -2.10. The summed E-state index contributed by atoms with van der Waals surface area (Å²) < 4.78 is 0. The molecule has 0 atom stereocenters. The van der Waals surface area contributed by atoms with Gasteiger partial charge < -0.3 is 10.4 Å². The van der Waals surface area contributed by atoms with E-state index in [4.69, 9.17) is 5.11 Å². The molecule has 0 spiro atoms. The van der Waals surface area contributed by atoms with Crippen LogP contribution < -0.4 is 5.32 Å². The number of aromatic carboxylic acids is 1. The highest BCUT2D eigenvalue weighted by Crippen LogP contribution is 2.28. The minimum absolute atomic E-state index is 0.0893. The second kappa shape index (κ2) is 5.58. The largest absolute Gasteiger partial charge is 0.477 e. The fourth-order valence-corrected chi connectivity index (χ4v) is 1.81. The summed E-state index contributed by atoms with van der Waals surface area (Å²) in [6, 6.07) is 7.83. The van der Waals surface area contributed by atoms with E-state index in [9.17, 15) is 14.9 Å². The molecule has 0 radical (unpaired) electrons. The first-order valence-corrected chi connectivity index (χ1v) is 6.11. The van der Waals surface area contributed by atoms with Gasteiger partial charge in [-0.25, -0.2) is 9.78 Å². The molecule has 0 aliphatic heterocycles. The molecule has 7 heteroatoms. The Labute approximate surface area is 120 Å². The van der Waals surface area contributed by atoms with Gasteiger partial charge in [-0.15, -0.1) is 0 Å². The van der Waals surface area contributed by atoms with E-state index in [1.165, 1.54) is 0 Å². The van der Waals surface area contributed by atoms with E-state index in [-0.39, 0.29) is 17.2 Å². The number of hydrogen-bond donors (Lipinski definition) is 2. The first-order chi connectivity index (χ1) is 9.88.